The first-order valence-electron chi connectivity index (χ1n) is 30.3. The van der Waals surface area contributed by atoms with Crippen molar-refractivity contribution in [2.45, 2.75) is 208 Å². The van der Waals surface area contributed by atoms with E-state index in [1.54, 1.807) is 22.6 Å². The Labute approximate surface area is 477 Å². The standard InChI is InChI=1S/C68H89N3O4S2Si/c1-11-17-20-21-22-23-24-25-26-29-36-71-56-35-34-48(38-54(56)68(9,10)61(71)41-52-62(72)51(63(52)73)40-60-67(7,8)53-32-27-28-33-55(53)70(60)16-6)57-42-59-65(77-57)64-58(39-50(76-64)37-49(43-69)66(74)75)78(59,44-46(14-4)30-18-12-2)45-47(15-5)31-19-13-3/h27-28,32-35,37-42,46-47H,11-26,29-31,36,44-45H2,1-10H3,(H-,72,73,74,75)/p+1/b49-37-. The van der Waals surface area contributed by atoms with Crippen molar-refractivity contribution in [2.75, 3.05) is 18.0 Å². The number of carbonyl (C=O) groups is 2. The first kappa shape index (κ1) is 59.0. The van der Waals surface area contributed by atoms with Gasteiger partial charge in [-0.25, -0.2) is 4.79 Å². The monoisotopic (exact) mass is 1100 g/mol. The molecule has 8 rings (SSSR count). The number of carboxylic acids is 1. The summed E-state index contributed by atoms with van der Waals surface area (Å²) in [7, 11) is -2.43. The molecule has 4 aliphatic rings. The number of unbranched alkanes of at least 4 members (excludes halogenated alkanes) is 11. The van der Waals surface area contributed by atoms with Crippen LogP contribution in [0.25, 0.3) is 26.3 Å². The Kier molecular flexibility index (Phi) is 19.4. The summed E-state index contributed by atoms with van der Waals surface area (Å²) in [5.74, 6) is -0.0175. The Morgan fingerprint density at radius 3 is 1.94 bits per heavy atom. The summed E-state index contributed by atoms with van der Waals surface area (Å²) in [5.41, 5.74) is 7.81. The first-order valence-corrected chi connectivity index (χ1v) is 34.3. The van der Waals surface area contributed by atoms with Crippen LogP contribution in [0.4, 0.5) is 11.4 Å². The fourth-order valence-corrected chi connectivity index (χ4v) is 24.0. The molecule has 2 unspecified atom stereocenters. The zero-order chi connectivity index (χ0) is 55.9. The number of rotatable bonds is 29. The van der Waals surface area contributed by atoms with Gasteiger partial charge in [-0.05, 0) is 115 Å². The summed E-state index contributed by atoms with van der Waals surface area (Å²) < 4.78 is 2.46. The molecule has 0 amide bonds. The molecule has 0 saturated carbocycles. The van der Waals surface area contributed by atoms with Crippen LogP contribution >= 0.6 is 22.7 Å². The number of nitrogens with zero attached hydrogens (tertiary/aromatic N) is 3. The van der Waals surface area contributed by atoms with Gasteiger partial charge in [-0.3, -0.25) is 4.79 Å². The Morgan fingerprint density at radius 2 is 1.35 bits per heavy atom. The van der Waals surface area contributed by atoms with E-state index in [9.17, 15) is 25.1 Å². The van der Waals surface area contributed by atoms with Gasteiger partial charge in [-0.1, -0.05) is 169 Å². The number of thiophene rings is 2. The topological polar surface area (TPSA) is 105 Å². The summed E-state index contributed by atoms with van der Waals surface area (Å²) in [4.78, 5) is 33.7. The average molecular weight is 1110 g/mol. The second kappa shape index (κ2) is 25.6. The van der Waals surface area contributed by atoms with Crippen LogP contribution in [0.2, 0.25) is 12.1 Å². The number of aliphatic hydroxyl groups is 1. The second-order valence-electron chi connectivity index (χ2n) is 24.2. The lowest BCUT2D eigenvalue weighted by Gasteiger charge is -2.35. The SMILES string of the molecule is CCCCCCCCCCCC[N+]1=C(/C=C2/C(=O)C(/C=C3\N(CC)c4ccccc4C3(C)C)=C2O)C(C)(C)c2cc(-c3cc4c(s3)-c3sc(/C=C(/C#N)C(=O)O)cc3[Si]4(CC(CC)CCCC)CC(CC)CCCC)ccc21. The van der Waals surface area contributed by atoms with Crippen LogP contribution in [0.1, 0.15) is 201 Å². The number of aliphatic hydroxyl groups excluding tert-OH is 1. The highest BCUT2D eigenvalue weighted by Crippen LogP contribution is 2.51. The molecule has 0 saturated heterocycles. The van der Waals surface area contributed by atoms with Crippen molar-refractivity contribution in [1.82, 2.24) is 0 Å². The lowest BCUT2D eigenvalue weighted by atomic mass is 9.77. The molecule has 0 fully saturated rings. The van der Waals surface area contributed by atoms with Crippen molar-refractivity contribution in [2.24, 2.45) is 11.8 Å². The number of aliphatic carboxylic acids is 1. The maximum absolute atomic E-state index is 14.5. The lowest BCUT2D eigenvalue weighted by Crippen LogP contribution is -2.56. The number of carbonyl (C=O) groups excluding carboxylic acids is 1. The molecule has 2 N–H and O–H groups in total. The number of likely N-dealkylation sites (N-methyl/N-ethyl adjacent to an activating group) is 1. The van der Waals surface area contributed by atoms with Gasteiger partial charge in [0.2, 0.25) is 11.5 Å². The average Bonchev–Trinajstić information content (AvgIpc) is 4.40. The smallest absolute Gasteiger partial charge is 0.346 e. The summed E-state index contributed by atoms with van der Waals surface area (Å²) in [6, 6.07) is 24.7. The van der Waals surface area contributed by atoms with Gasteiger partial charge in [-0.2, -0.15) is 9.84 Å². The summed E-state index contributed by atoms with van der Waals surface area (Å²) in [6.07, 6.45) is 27.7. The molecule has 10 heteroatoms. The van der Waals surface area contributed by atoms with E-state index in [0.717, 1.165) is 60.7 Å². The Hall–Kier alpha value is -5.08. The van der Waals surface area contributed by atoms with E-state index in [-0.39, 0.29) is 22.5 Å². The van der Waals surface area contributed by atoms with E-state index >= 15 is 0 Å². The third-order valence-electron chi connectivity index (χ3n) is 18.3. The molecule has 0 bridgehead atoms. The van der Waals surface area contributed by atoms with Crippen LogP contribution in [0.5, 0.6) is 0 Å². The molecular formula is C68H90N3O4S2Si+. The van der Waals surface area contributed by atoms with Crippen molar-refractivity contribution in [3.63, 3.8) is 0 Å². The fraction of sp³-hybridized carbons (Fsp3) is 0.529. The number of ketones is 1. The van der Waals surface area contributed by atoms with Crippen LogP contribution in [-0.2, 0) is 20.4 Å². The van der Waals surface area contributed by atoms with Crippen LogP contribution in [-0.4, -0.2) is 53.4 Å². The Bertz CT molecular complexity index is 3040. The second-order valence-corrected chi connectivity index (χ2v) is 30.4. The van der Waals surface area contributed by atoms with Crippen LogP contribution in [0.3, 0.4) is 0 Å². The van der Waals surface area contributed by atoms with Crippen LogP contribution in [0, 0.1) is 23.2 Å². The number of benzene rings is 2. The minimum absolute atomic E-state index is 0.0771. The number of fused-ring (bicyclic) bond motifs is 5. The van der Waals surface area contributed by atoms with Gasteiger partial charge < -0.3 is 15.1 Å². The van der Waals surface area contributed by atoms with Crippen molar-refractivity contribution in [1.29, 1.82) is 5.26 Å². The predicted octanol–water partition coefficient (Wildman–Crippen LogP) is 17.8. The van der Waals surface area contributed by atoms with E-state index in [4.69, 9.17) is 0 Å². The molecular weight excluding hydrogens is 1010 g/mol. The molecule has 78 heavy (non-hydrogen) atoms. The predicted molar refractivity (Wildman–Crippen MR) is 334 cm³/mol. The van der Waals surface area contributed by atoms with Gasteiger partial charge in [0.15, 0.2) is 5.71 Å². The molecule has 2 aromatic carbocycles. The molecule has 2 aromatic heterocycles. The number of hydrogen-bond acceptors (Lipinski definition) is 7. The minimum atomic E-state index is -2.43. The number of Topliss-reactive ketones (excluding diaryl/α,β-unsaturated/α-hetero) is 1. The molecule has 4 aromatic rings. The first-order chi connectivity index (χ1) is 37.5. The van der Waals surface area contributed by atoms with Gasteiger partial charge in [0.05, 0.1) is 16.6 Å². The molecule has 1 aliphatic carbocycles. The summed E-state index contributed by atoms with van der Waals surface area (Å²) >= 11 is 3.58. The molecule has 3 aliphatic heterocycles. The number of hydrogen-bond donors (Lipinski definition) is 2. The highest BCUT2D eigenvalue weighted by atomic mass is 32.1. The third kappa shape index (κ3) is 11.6. The normalized spacial score (nSPS) is 19.8. The fourth-order valence-electron chi connectivity index (χ4n) is 13.6. The van der Waals surface area contributed by atoms with Gasteiger partial charge in [-0.15, -0.1) is 22.7 Å². The van der Waals surface area contributed by atoms with E-state index in [0.29, 0.717) is 23.0 Å². The number of carboxylic acid groups (broad SMARTS) is 1. The molecule has 2 atom stereocenters. The highest BCUT2D eigenvalue weighted by molar-refractivity contribution is 7.30. The molecule has 0 radical (unpaired) electrons. The Morgan fingerprint density at radius 1 is 0.744 bits per heavy atom. The van der Waals surface area contributed by atoms with E-state index < -0.39 is 19.5 Å². The van der Waals surface area contributed by atoms with Crippen LogP contribution in [0.15, 0.2) is 94.9 Å². The number of para-hydroxylation sites is 1. The minimum Gasteiger partial charge on any atom is -0.506 e. The number of nitriles is 1. The maximum atomic E-state index is 14.5. The summed E-state index contributed by atoms with van der Waals surface area (Å²) in [5, 5.41) is 34.8. The molecule has 5 heterocycles. The van der Waals surface area contributed by atoms with E-state index in [1.165, 1.54) is 144 Å². The highest BCUT2D eigenvalue weighted by Gasteiger charge is 2.51. The van der Waals surface area contributed by atoms with Gasteiger partial charge in [0.1, 0.15) is 32.0 Å². The maximum Gasteiger partial charge on any atom is 0.346 e. The van der Waals surface area contributed by atoms with Crippen LogP contribution < -0.4 is 15.3 Å². The Balaban J connectivity index is 1.19. The van der Waals surface area contributed by atoms with Gasteiger partial charge in [0.25, 0.3) is 0 Å². The number of anilines is 1. The van der Waals surface area contributed by atoms with Gasteiger partial charge >= 0.3 is 5.97 Å². The lowest BCUT2D eigenvalue weighted by molar-refractivity contribution is -0.438. The molecule has 416 valence electrons. The molecule has 0 spiro atoms. The molecule has 7 nitrogen and oxygen atoms in total. The van der Waals surface area contributed by atoms with Crippen molar-refractivity contribution >= 4 is 76.0 Å². The third-order valence-corrected chi connectivity index (χ3v) is 26.5. The van der Waals surface area contributed by atoms with E-state index in [2.05, 4.69) is 133 Å². The zero-order valence-electron chi connectivity index (χ0n) is 49.0. The van der Waals surface area contributed by atoms with Crippen molar-refractivity contribution in [3.8, 4) is 26.3 Å². The quantitative estimate of drug-likeness (QED) is 0.0185. The zero-order valence-corrected chi connectivity index (χ0v) is 51.6. The van der Waals surface area contributed by atoms with Crippen molar-refractivity contribution < 1.29 is 24.4 Å². The van der Waals surface area contributed by atoms with Crippen molar-refractivity contribution in [3.05, 3.63) is 111 Å². The van der Waals surface area contributed by atoms with E-state index in [1.807, 2.05) is 29.6 Å². The largest absolute Gasteiger partial charge is 0.506 e. The number of allylic oxidation sites excluding steroid dienone is 5. The van der Waals surface area contributed by atoms with Gasteiger partial charge in [0, 0.05) is 67.0 Å². The summed E-state index contributed by atoms with van der Waals surface area (Å²) in [6.45, 7) is 24.3.